The summed E-state index contributed by atoms with van der Waals surface area (Å²) in [7, 11) is 0. The van der Waals surface area contributed by atoms with Crippen molar-refractivity contribution in [2.45, 2.75) is 13.5 Å². The van der Waals surface area contributed by atoms with Crippen LogP contribution in [0.1, 0.15) is 11.1 Å². The number of benzene rings is 1. The maximum Gasteiger partial charge on any atom is 0.272 e. The molecule has 20 heavy (non-hydrogen) atoms. The quantitative estimate of drug-likeness (QED) is 0.473. The van der Waals surface area contributed by atoms with Crippen LogP contribution in [-0.2, 0) is 6.54 Å². The van der Waals surface area contributed by atoms with Gasteiger partial charge in [0.25, 0.3) is 5.69 Å². The van der Waals surface area contributed by atoms with E-state index in [0.29, 0.717) is 12.1 Å². The Bertz CT molecular complexity index is 530. The minimum atomic E-state index is -0.330. The molecule has 1 heterocycles. The molecule has 0 spiro atoms. The average Bonchev–Trinajstić information content (AvgIpc) is 2.43. The zero-order valence-electron chi connectivity index (χ0n) is 11.6. The van der Waals surface area contributed by atoms with Gasteiger partial charge in [0.1, 0.15) is 0 Å². The molecule has 0 aromatic heterocycles. The number of hydrogen-bond donors (Lipinski definition) is 0. The van der Waals surface area contributed by atoms with Crippen LogP contribution in [0.3, 0.4) is 0 Å². The van der Waals surface area contributed by atoms with Crippen LogP contribution in [0, 0.1) is 28.4 Å². The van der Waals surface area contributed by atoms with E-state index in [1.54, 1.807) is 19.1 Å². The maximum absolute atomic E-state index is 10.9. The Morgan fingerprint density at radius 3 is 2.55 bits per heavy atom. The molecule has 0 amide bonds. The number of nitriles is 1. The molecule has 1 aromatic carbocycles. The Balaban J connectivity index is 1.96. The van der Waals surface area contributed by atoms with Crippen LogP contribution >= 0.6 is 0 Å². The average molecular weight is 274 g/mol. The number of aryl methyl sites for hydroxylation is 1. The van der Waals surface area contributed by atoms with Crippen LogP contribution in [-0.4, -0.2) is 47.4 Å². The Morgan fingerprint density at radius 2 is 1.95 bits per heavy atom. The van der Waals surface area contributed by atoms with Crippen LogP contribution in [0.2, 0.25) is 0 Å². The van der Waals surface area contributed by atoms with Gasteiger partial charge in [0.2, 0.25) is 0 Å². The molecule has 1 saturated heterocycles. The number of rotatable bonds is 4. The minimum Gasteiger partial charge on any atom is -0.297 e. The monoisotopic (exact) mass is 274 g/mol. The van der Waals surface area contributed by atoms with Gasteiger partial charge in [-0.25, -0.2) is 0 Å². The fourth-order valence-electron chi connectivity index (χ4n) is 2.41. The summed E-state index contributed by atoms with van der Waals surface area (Å²) in [5.41, 5.74) is 1.85. The predicted octanol–water partition coefficient (Wildman–Crippen LogP) is 1.54. The normalized spacial score (nSPS) is 16.8. The Morgan fingerprint density at radius 1 is 1.30 bits per heavy atom. The van der Waals surface area contributed by atoms with Crippen molar-refractivity contribution in [3.63, 3.8) is 0 Å². The van der Waals surface area contributed by atoms with E-state index in [9.17, 15) is 10.1 Å². The molecule has 0 radical (unpaired) electrons. The lowest BCUT2D eigenvalue weighted by atomic mass is 10.1. The molecule has 1 aliphatic heterocycles. The molecular weight excluding hydrogens is 256 g/mol. The van der Waals surface area contributed by atoms with Gasteiger partial charge in [-0.2, -0.15) is 5.26 Å². The number of nitro benzene ring substituents is 1. The van der Waals surface area contributed by atoms with E-state index < -0.39 is 0 Å². The summed E-state index contributed by atoms with van der Waals surface area (Å²) in [4.78, 5) is 15.0. The second-order valence-electron chi connectivity index (χ2n) is 5.09. The van der Waals surface area contributed by atoms with Crippen molar-refractivity contribution in [1.29, 1.82) is 5.26 Å². The fraction of sp³-hybridized carbons (Fsp3) is 0.500. The number of piperazine rings is 1. The standard InChI is InChI=1S/C14H18N4O2/c1-12-2-3-13(10-14(12)18(19)20)11-17-8-6-16(5-4-15)7-9-17/h2-3,10H,5-9,11H2,1H3. The van der Waals surface area contributed by atoms with Crippen molar-refractivity contribution in [3.05, 3.63) is 39.4 Å². The third-order valence-electron chi connectivity index (χ3n) is 3.64. The van der Waals surface area contributed by atoms with Crippen LogP contribution in [0.5, 0.6) is 0 Å². The van der Waals surface area contributed by atoms with E-state index >= 15 is 0 Å². The fourth-order valence-corrected chi connectivity index (χ4v) is 2.41. The van der Waals surface area contributed by atoms with Crippen molar-refractivity contribution >= 4 is 5.69 Å². The molecular formula is C14H18N4O2. The summed E-state index contributed by atoms with van der Waals surface area (Å²) in [5.74, 6) is 0. The van der Waals surface area contributed by atoms with E-state index in [0.717, 1.165) is 38.3 Å². The van der Waals surface area contributed by atoms with Gasteiger partial charge in [-0.3, -0.25) is 19.9 Å². The highest BCUT2D eigenvalue weighted by atomic mass is 16.6. The second kappa shape index (κ2) is 6.46. The van der Waals surface area contributed by atoms with Crippen molar-refractivity contribution in [1.82, 2.24) is 9.80 Å². The molecule has 106 valence electrons. The first-order valence-corrected chi connectivity index (χ1v) is 6.65. The first kappa shape index (κ1) is 14.4. The molecule has 0 N–H and O–H groups in total. The first-order chi connectivity index (χ1) is 9.60. The summed E-state index contributed by atoms with van der Waals surface area (Å²) in [6.45, 7) is 6.49. The van der Waals surface area contributed by atoms with Crippen LogP contribution in [0.15, 0.2) is 18.2 Å². The molecule has 6 heteroatoms. The number of hydrogen-bond acceptors (Lipinski definition) is 5. The Hall–Kier alpha value is -1.97. The summed E-state index contributed by atoms with van der Waals surface area (Å²) in [6, 6.07) is 7.58. The molecule has 2 rings (SSSR count). The minimum absolute atomic E-state index is 0.186. The van der Waals surface area contributed by atoms with Gasteiger partial charge < -0.3 is 0 Å². The lowest BCUT2D eigenvalue weighted by Crippen LogP contribution is -2.45. The topological polar surface area (TPSA) is 73.4 Å². The lowest BCUT2D eigenvalue weighted by Gasteiger charge is -2.33. The summed E-state index contributed by atoms with van der Waals surface area (Å²) < 4.78 is 0. The summed E-state index contributed by atoms with van der Waals surface area (Å²) in [5, 5.41) is 19.6. The Labute approximate surface area is 118 Å². The number of nitro groups is 1. The molecule has 0 unspecified atom stereocenters. The maximum atomic E-state index is 10.9. The van der Waals surface area contributed by atoms with Crippen LogP contribution in [0.4, 0.5) is 5.69 Å². The largest absolute Gasteiger partial charge is 0.297 e. The van der Waals surface area contributed by atoms with Gasteiger partial charge in [-0.05, 0) is 12.5 Å². The molecule has 1 aromatic rings. The van der Waals surface area contributed by atoms with Crippen LogP contribution in [0.25, 0.3) is 0 Å². The molecule has 0 bridgehead atoms. The Kier molecular flexibility index (Phi) is 4.66. The van der Waals surface area contributed by atoms with E-state index in [1.807, 2.05) is 6.07 Å². The first-order valence-electron chi connectivity index (χ1n) is 6.65. The third-order valence-corrected chi connectivity index (χ3v) is 3.64. The molecule has 0 saturated carbocycles. The van der Waals surface area contributed by atoms with Gasteiger partial charge in [-0.15, -0.1) is 0 Å². The van der Waals surface area contributed by atoms with Gasteiger partial charge >= 0.3 is 0 Å². The summed E-state index contributed by atoms with van der Waals surface area (Å²) in [6.07, 6.45) is 0. The van der Waals surface area contributed by atoms with Gasteiger partial charge in [-0.1, -0.05) is 12.1 Å². The van der Waals surface area contributed by atoms with Crippen LogP contribution < -0.4 is 0 Å². The smallest absolute Gasteiger partial charge is 0.272 e. The highest BCUT2D eigenvalue weighted by Gasteiger charge is 2.18. The van der Waals surface area contributed by atoms with E-state index in [-0.39, 0.29) is 10.6 Å². The van der Waals surface area contributed by atoms with Crippen molar-refractivity contribution < 1.29 is 4.92 Å². The SMILES string of the molecule is Cc1ccc(CN2CCN(CC#N)CC2)cc1[N+](=O)[O-]. The van der Waals surface area contributed by atoms with Gasteiger partial charge in [0.15, 0.2) is 0 Å². The molecule has 1 aliphatic rings. The predicted molar refractivity (Wildman–Crippen MR) is 75.2 cm³/mol. The highest BCUT2D eigenvalue weighted by Crippen LogP contribution is 2.20. The second-order valence-corrected chi connectivity index (χ2v) is 5.09. The number of nitrogens with zero attached hydrogens (tertiary/aromatic N) is 4. The van der Waals surface area contributed by atoms with Crippen molar-refractivity contribution in [2.75, 3.05) is 32.7 Å². The lowest BCUT2D eigenvalue weighted by molar-refractivity contribution is -0.385. The molecule has 1 fully saturated rings. The summed E-state index contributed by atoms with van der Waals surface area (Å²) >= 11 is 0. The van der Waals surface area contributed by atoms with Gasteiger partial charge in [0, 0.05) is 44.4 Å². The molecule has 0 atom stereocenters. The molecule has 0 aliphatic carbocycles. The van der Waals surface area contributed by atoms with E-state index in [1.165, 1.54) is 0 Å². The zero-order valence-corrected chi connectivity index (χ0v) is 11.6. The zero-order chi connectivity index (χ0) is 14.5. The van der Waals surface area contributed by atoms with Crippen molar-refractivity contribution in [2.24, 2.45) is 0 Å². The van der Waals surface area contributed by atoms with Crippen molar-refractivity contribution in [3.8, 4) is 6.07 Å². The van der Waals surface area contributed by atoms with E-state index in [2.05, 4.69) is 15.9 Å². The molecule has 6 nitrogen and oxygen atoms in total. The van der Waals surface area contributed by atoms with E-state index in [4.69, 9.17) is 5.26 Å². The third kappa shape index (κ3) is 3.53. The highest BCUT2D eigenvalue weighted by molar-refractivity contribution is 5.42. The van der Waals surface area contributed by atoms with Gasteiger partial charge in [0.05, 0.1) is 17.5 Å².